The van der Waals surface area contributed by atoms with Crippen LogP contribution in [0.15, 0.2) is 0 Å². The third-order valence-corrected chi connectivity index (χ3v) is 0. The molecule has 0 saturated carbocycles. The van der Waals surface area contributed by atoms with Crippen molar-refractivity contribution in [3.05, 3.63) is 0 Å². The first kappa shape index (κ1) is 8.95. The molecule has 3 N–H and O–H groups in total. The van der Waals surface area contributed by atoms with E-state index in [0.717, 1.165) is 0 Å². The van der Waals surface area contributed by atoms with Crippen molar-refractivity contribution in [1.82, 2.24) is 5.48 Å². The standard InChI is InChI=1S/CH5NO.ClHO/c1-2-3;1-2/h2-3H,1H3;2H. The highest BCUT2D eigenvalue weighted by Gasteiger charge is 1.24. The molecule has 0 unspecified atom stereocenters. The number of rotatable bonds is 0. The van der Waals surface area contributed by atoms with Crippen molar-refractivity contribution in [3.63, 3.8) is 0 Å². The molecular weight excluding hydrogens is 93.5 g/mol. The number of halogens is 1. The monoisotopic (exact) mass is 99.0 g/mol. The van der Waals surface area contributed by atoms with Gasteiger partial charge in [-0.1, -0.05) is 0 Å². The molecule has 4 heteroatoms. The van der Waals surface area contributed by atoms with Gasteiger partial charge in [0.2, 0.25) is 0 Å². The quantitative estimate of drug-likeness (QED) is 0.367. The fourth-order valence-electron chi connectivity index (χ4n) is 0. The van der Waals surface area contributed by atoms with Gasteiger partial charge in [0.15, 0.2) is 0 Å². The molecule has 0 radical (unpaired) electrons. The van der Waals surface area contributed by atoms with Crippen molar-refractivity contribution in [1.29, 1.82) is 0 Å². The minimum absolute atomic E-state index is 1.43. The van der Waals surface area contributed by atoms with Crippen LogP contribution in [0.5, 0.6) is 0 Å². The molecule has 0 atom stereocenters. The maximum atomic E-state index is 7.32. The van der Waals surface area contributed by atoms with E-state index in [-0.39, 0.29) is 0 Å². The van der Waals surface area contributed by atoms with Crippen molar-refractivity contribution in [2.75, 3.05) is 7.05 Å². The summed E-state index contributed by atoms with van der Waals surface area (Å²) in [6, 6.07) is 0. The van der Waals surface area contributed by atoms with Crippen molar-refractivity contribution in [2.24, 2.45) is 0 Å². The molecule has 0 heterocycles. The second kappa shape index (κ2) is 30.6. The van der Waals surface area contributed by atoms with E-state index in [1.807, 2.05) is 0 Å². The zero-order chi connectivity index (χ0) is 4.71. The molecule has 0 rings (SSSR count). The third kappa shape index (κ3) is 679. The van der Waals surface area contributed by atoms with Crippen LogP contribution in [0.4, 0.5) is 0 Å². The first-order valence-electron chi connectivity index (χ1n) is 0.893. The lowest BCUT2D eigenvalue weighted by molar-refractivity contribution is 0.194. The zero-order valence-electron chi connectivity index (χ0n) is 2.77. The average Bonchev–Trinajstić information content (AvgIpc) is 1.46. The van der Waals surface area contributed by atoms with Crippen LogP contribution in [-0.2, 0) is 0 Å². The first-order chi connectivity index (χ1) is 2.41. The summed E-state index contributed by atoms with van der Waals surface area (Å²) in [4.78, 5) is 0. The number of hydrogen-bond acceptors (Lipinski definition) is 3. The molecular formula is CH6ClNO2. The highest BCUT2D eigenvalue weighted by molar-refractivity contribution is 6.04. The Morgan fingerprint density at radius 2 is 1.60 bits per heavy atom. The molecule has 0 aromatic heterocycles. The third-order valence-electron chi connectivity index (χ3n) is 0. The second-order valence-electron chi connectivity index (χ2n) is 0.224. The van der Waals surface area contributed by atoms with Crippen LogP contribution in [0.2, 0.25) is 0 Å². The van der Waals surface area contributed by atoms with E-state index in [2.05, 4.69) is 11.9 Å². The Labute approximate surface area is 35.3 Å². The van der Waals surface area contributed by atoms with Crippen molar-refractivity contribution in [2.45, 2.75) is 0 Å². The lowest BCUT2D eigenvalue weighted by Gasteiger charge is -1.60. The van der Waals surface area contributed by atoms with Gasteiger partial charge in [-0.25, -0.2) is 5.48 Å². The van der Waals surface area contributed by atoms with E-state index in [1.54, 1.807) is 5.48 Å². The van der Waals surface area contributed by atoms with Gasteiger partial charge in [0.25, 0.3) is 0 Å². The topological polar surface area (TPSA) is 52.5 Å². The van der Waals surface area contributed by atoms with Crippen LogP contribution in [0.25, 0.3) is 0 Å². The normalized spacial score (nSPS) is 4.80. The van der Waals surface area contributed by atoms with Crippen molar-refractivity contribution in [3.8, 4) is 0 Å². The molecule has 34 valence electrons. The molecule has 0 saturated heterocycles. The summed E-state index contributed by atoms with van der Waals surface area (Å²) in [5.74, 6) is 0. The highest BCUT2D eigenvalue weighted by atomic mass is 35.5. The van der Waals surface area contributed by atoms with E-state index < -0.39 is 0 Å². The summed E-state index contributed by atoms with van der Waals surface area (Å²) in [6.07, 6.45) is 0. The van der Waals surface area contributed by atoms with Crippen LogP contribution in [0, 0.1) is 0 Å². The Bertz CT molecular complexity index is 9.61. The Hall–Kier alpha value is 0.170. The van der Waals surface area contributed by atoms with Gasteiger partial charge in [-0.3, -0.25) is 4.66 Å². The van der Waals surface area contributed by atoms with E-state index in [9.17, 15) is 0 Å². The smallest absolute Gasteiger partial charge is 0.0579 e. The van der Waals surface area contributed by atoms with E-state index >= 15 is 0 Å². The Morgan fingerprint density at radius 1 is 1.60 bits per heavy atom. The van der Waals surface area contributed by atoms with Gasteiger partial charge >= 0.3 is 0 Å². The van der Waals surface area contributed by atoms with Crippen LogP contribution in [-0.4, -0.2) is 16.9 Å². The van der Waals surface area contributed by atoms with Gasteiger partial charge in [-0.2, -0.15) is 0 Å². The summed E-state index contributed by atoms with van der Waals surface area (Å²) < 4.78 is 6.47. The Balaban J connectivity index is 0. The SMILES string of the molecule is CNO.OCl. The average molecular weight is 99.5 g/mol. The molecule has 0 aliphatic heterocycles. The molecule has 0 aliphatic carbocycles. The van der Waals surface area contributed by atoms with Crippen LogP contribution in [0.3, 0.4) is 0 Å². The van der Waals surface area contributed by atoms with Gasteiger partial charge in [-0.15, -0.1) is 0 Å². The predicted molar refractivity (Wildman–Crippen MR) is 18.9 cm³/mol. The zero-order valence-corrected chi connectivity index (χ0v) is 3.53. The minimum Gasteiger partial charge on any atom is -0.317 e. The van der Waals surface area contributed by atoms with Crippen LogP contribution < -0.4 is 5.48 Å². The molecule has 0 spiro atoms. The first-order valence-corrected chi connectivity index (χ1v) is 1.23. The van der Waals surface area contributed by atoms with Crippen LogP contribution in [0.1, 0.15) is 0 Å². The predicted octanol–water partition coefficient (Wildman–Crippen LogP) is -0.272. The molecule has 3 nitrogen and oxygen atoms in total. The lowest BCUT2D eigenvalue weighted by Crippen LogP contribution is -1.91. The van der Waals surface area contributed by atoms with Gasteiger partial charge in [0.1, 0.15) is 0 Å². The summed E-state index contributed by atoms with van der Waals surface area (Å²) in [7, 11) is 1.43. The summed E-state index contributed by atoms with van der Waals surface area (Å²) in [6.45, 7) is 0. The largest absolute Gasteiger partial charge is 0.317 e. The number of nitrogens with one attached hydrogen (secondary N) is 1. The van der Waals surface area contributed by atoms with Gasteiger partial charge in [0.05, 0.1) is 11.9 Å². The summed E-state index contributed by atoms with van der Waals surface area (Å²) in [5, 5.41) is 7.32. The Kier molecular flexibility index (Phi) is 54.8. The highest BCUT2D eigenvalue weighted by Crippen LogP contribution is 1.31. The second-order valence-corrected chi connectivity index (χ2v) is 0.224. The van der Waals surface area contributed by atoms with E-state index in [1.165, 1.54) is 7.05 Å². The Morgan fingerprint density at radius 3 is 1.60 bits per heavy atom. The maximum absolute atomic E-state index is 7.32. The molecule has 5 heavy (non-hydrogen) atoms. The van der Waals surface area contributed by atoms with Crippen LogP contribution >= 0.6 is 11.9 Å². The summed E-state index contributed by atoms with van der Waals surface area (Å²) in [5.41, 5.74) is 1.75. The van der Waals surface area contributed by atoms with Crippen molar-refractivity contribution >= 4 is 11.9 Å². The fraction of sp³-hybridized carbons (Fsp3) is 1.00. The molecule has 0 aromatic rings. The summed E-state index contributed by atoms with van der Waals surface area (Å²) >= 11 is 3.64. The molecule has 0 aromatic carbocycles. The van der Waals surface area contributed by atoms with Gasteiger partial charge < -0.3 is 5.21 Å². The molecule has 0 amide bonds. The van der Waals surface area contributed by atoms with Gasteiger partial charge in [-0.05, 0) is 0 Å². The van der Waals surface area contributed by atoms with E-state index in [4.69, 9.17) is 9.87 Å². The van der Waals surface area contributed by atoms with E-state index in [0.29, 0.717) is 0 Å². The lowest BCUT2D eigenvalue weighted by atomic mass is 11.6. The number of hydrogen-bond donors (Lipinski definition) is 3. The minimum atomic E-state index is 1.43. The number of hydroxylamine groups is 1. The molecule has 0 aliphatic rings. The molecule has 0 fully saturated rings. The van der Waals surface area contributed by atoms with Crippen molar-refractivity contribution < 1.29 is 9.87 Å². The maximum Gasteiger partial charge on any atom is 0.0579 e. The van der Waals surface area contributed by atoms with Gasteiger partial charge in [0, 0.05) is 7.05 Å². The molecule has 0 bridgehead atoms. The fourth-order valence-corrected chi connectivity index (χ4v) is 0.